The number of unbranched alkanes of at least 4 members (excludes halogenated alkanes) is 40. The number of likely N-dealkylation sites (N-methyl/N-ethyl adjacent to an activating group) is 1. The van der Waals surface area contributed by atoms with Gasteiger partial charge in [0.2, 0.25) is 0 Å². The smallest absolute Gasteiger partial charge is 0.306 e. The van der Waals surface area contributed by atoms with Gasteiger partial charge in [-0.1, -0.05) is 336 Å². The summed E-state index contributed by atoms with van der Waals surface area (Å²) in [5.74, 6) is -0.821. The maximum atomic E-state index is 12.9. The molecule has 0 spiro atoms. The van der Waals surface area contributed by atoms with Gasteiger partial charge in [0.15, 0.2) is 6.10 Å². The van der Waals surface area contributed by atoms with Gasteiger partial charge in [0.05, 0.1) is 27.7 Å². The Morgan fingerprint density at radius 2 is 0.633 bits per heavy atom. The number of phosphoric ester groups is 1. The molecular formula is C80H144NO8P. The third-order valence-electron chi connectivity index (χ3n) is 16.6. The van der Waals surface area contributed by atoms with Crippen LogP contribution in [-0.4, -0.2) is 70.0 Å². The largest absolute Gasteiger partial charge is 0.756 e. The third-order valence-corrected chi connectivity index (χ3v) is 17.6. The van der Waals surface area contributed by atoms with Crippen LogP contribution >= 0.6 is 7.82 Å². The highest BCUT2D eigenvalue weighted by molar-refractivity contribution is 7.45. The lowest BCUT2D eigenvalue weighted by Crippen LogP contribution is -2.37. The fraction of sp³-hybridized carbons (Fsp3) is 0.775. The first-order valence-corrected chi connectivity index (χ1v) is 39.4. The highest BCUT2D eigenvalue weighted by atomic mass is 31.2. The summed E-state index contributed by atoms with van der Waals surface area (Å²) in [6.45, 7) is 4.16. The molecule has 0 amide bonds. The predicted octanol–water partition coefficient (Wildman–Crippen LogP) is 24.4. The highest BCUT2D eigenvalue weighted by Crippen LogP contribution is 2.38. The first-order valence-electron chi connectivity index (χ1n) is 37.9. The van der Waals surface area contributed by atoms with E-state index in [2.05, 4.69) is 111 Å². The van der Waals surface area contributed by atoms with Gasteiger partial charge >= 0.3 is 11.9 Å². The molecule has 0 bridgehead atoms. The van der Waals surface area contributed by atoms with Crippen LogP contribution in [0.4, 0.5) is 0 Å². The van der Waals surface area contributed by atoms with E-state index in [1.165, 1.54) is 231 Å². The van der Waals surface area contributed by atoms with Gasteiger partial charge in [0.25, 0.3) is 7.82 Å². The van der Waals surface area contributed by atoms with Gasteiger partial charge in [-0.15, -0.1) is 0 Å². The summed E-state index contributed by atoms with van der Waals surface area (Å²) < 4.78 is 34.4. The van der Waals surface area contributed by atoms with E-state index in [0.717, 1.165) is 83.5 Å². The fourth-order valence-electron chi connectivity index (χ4n) is 10.8. The molecule has 2 unspecified atom stereocenters. The Morgan fingerprint density at radius 3 is 0.944 bits per heavy atom. The molecule has 0 aliphatic carbocycles. The molecule has 522 valence electrons. The fourth-order valence-corrected chi connectivity index (χ4v) is 11.5. The van der Waals surface area contributed by atoms with Gasteiger partial charge < -0.3 is 27.9 Å². The van der Waals surface area contributed by atoms with Crippen molar-refractivity contribution in [2.45, 2.75) is 354 Å². The van der Waals surface area contributed by atoms with Crippen molar-refractivity contribution in [2.24, 2.45) is 0 Å². The van der Waals surface area contributed by atoms with Crippen LogP contribution < -0.4 is 4.89 Å². The number of rotatable bonds is 70. The van der Waals surface area contributed by atoms with Gasteiger partial charge in [-0.3, -0.25) is 14.2 Å². The van der Waals surface area contributed by atoms with Crippen LogP contribution in [0, 0.1) is 0 Å². The van der Waals surface area contributed by atoms with Crippen molar-refractivity contribution in [2.75, 3.05) is 47.5 Å². The number of ether oxygens (including phenoxy) is 2. The Kier molecular flexibility index (Phi) is 67.9. The molecule has 0 heterocycles. The van der Waals surface area contributed by atoms with Crippen LogP contribution in [0.1, 0.15) is 348 Å². The zero-order chi connectivity index (χ0) is 65.5. The molecule has 0 aromatic carbocycles. The lowest BCUT2D eigenvalue weighted by Gasteiger charge is -2.28. The summed E-state index contributed by atoms with van der Waals surface area (Å²) in [4.78, 5) is 38.1. The molecule has 9 nitrogen and oxygen atoms in total. The number of carbonyl (C=O) groups excluding carboxylic acids is 2. The standard InChI is InChI=1S/C80H144NO8P/c1-6-8-10-12-14-16-18-20-22-24-26-28-30-32-34-36-38-40-42-44-46-48-50-52-54-56-58-60-62-64-66-68-70-72-79(82)86-76-78(77-88-90(84,85)87-75-74-81(3,4)5)89-80(83)73-71-69-67-65-63-61-59-57-55-53-51-49-47-45-43-41-39-37-35-33-31-29-27-25-23-21-19-17-15-13-11-9-7-2/h9,11,15,17-18,20-21,23-24,26-27,29,33,35,39,41,78H,6-8,10,12-14,16,19,22,25,28,30-32,34,36-38,40,42-77H2,1-5H3/b11-9-,17-15-,20-18-,23-21-,26-24-,29-27-,35-33-,41-39-. The Hall–Kier alpha value is -3.07. The first kappa shape index (κ1) is 86.9. The predicted molar refractivity (Wildman–Crippen MR) is 388 cm³/mol. The van der Waals surface area contributed by atoms with E-state index in [1.807, 2.05) is 21.1 Å². The van der Waals surface area contributed by atoms with Gasteiger partial charge in [0, 0.05) is 12.8 Å². The van der Waals surface area contributed by atoms with Gasteiger partial charge in [0.1, 0.15) is 19.8 Å². The highest BCUT2D eigenvalue weighted by Gasteiger charge is 2.22. The molecule has 0 N–H and O–H groups in total. The van der Waals surface area contributed by atoms with Crippen LogP contribution in [0.3, 0.4) is 0 Å². The monoisotopic (exact) mass is 1280 g/mol. The second-order valence-corrected chi connectivity index (χ2v) is 28.0. The molecule has 10 heteroatoms. The number of hydrogen-bond donors (Lipinski definition) is 0. The summed E-state index contributed by atoms with van der Waals surface area (Å²) in [7, 11) is 1.17. The minimum absolute atomic E-state index is 0.0322. The normalized spacial score (nSPS) is 13.6. The molecule has 0 saturated heterocycles. The Labute approximate surface area is 557 Å². The van der Waals surface area contributed by atoms with E-state index in [4.69, 9.17) is 18.5 Å². The molecular weight excluding hydrogens is 1130 g/mol. The minimum atomic E-state index is -4.65. The van der Waals surface area contributed by atoms with E-state index in [1.54, 1.807) is 0 Å². The molecule has 0 aliphatic heterocycles. The lowest BCUT2D eigenvalue weighted by atomic mass is 10.0. The molecule has 0 fully saturated rings. The van der Waals surface area contributed by atoms with Crippen molar-refractivity contribution < 1.29 is 42.1 Å². The average molecular weight is 1280 g/mol. The van der Waals surface area contributed by atoms with E-state index in [-0.39, 0.29) is 32.0 Å². The second-order valence-electron chi connectivity index (χ2n) is 26.6. The average Bonchev–Trinajstić information content (AvgIpc) is 3.58. The molecule has 0 radical (unpaired) electrons. The third kappa shape index (κ3) is 74.0. The zero-order valence-corrected chi connectivity index (χ0v) is 60.5. The SMILES string of the molecule is CC/C=C\C/C=C\C/C=C\C/C=C\C/C=C\C/C=C\CCCCCCCCCCCCCCCCC(=O)OC(COC(=O)CCCCCCCCCCCCCCCCCCCCCCC/C=C\C/C=C\CCCCCCC)COP(=O)([O-])OCC[N+](C)(C)C. The van der Waals surface area contributed by atoms with Crippen molar-refractivity contribution >= 4 is 19.8 Å². The van der Waals surface area contributed by atoms with Crippen molar-refractivity contribution in [3.8, 4) is 0 Å². The molecule has 0 rings (SSSR count). The molecule has 0 aliphatic rings. The van der Waals surface area contributed by atoms with E-state index >= 15 is 0 Å². The molecule has 90 heavy (non-hydrogen) atoms. The topological polar surface area (TPSA) is 111 Å². The molecule has 0 aromatic rings. The molecule has 0 aromatic heterocycles. The number of esters is 2. The molecule has 2 atom stereocenters. The van der Waals surface area contributed by atoms with Gasteiger partial charge in [-0.25, -0.2) is 0 Å². The first-order chi connectivity index (χ1) is 44.0. The van der Waals surface area contributed by atoms with E-state index in [0.29, 0.717) is 17.4 Å². The summed E-state index contributed by atoms with van der Waals surface area (Å²) >= 11 is 0. The van der Waals surface area contributed by atoms with Crippen LogP contribution in [0.25, 0.3) is 0 Å². The Balaban J connectivity index is 3.99. The van der Waals surface area contributed by atoms with Crippen molar-refractivity contribution in [3.05, 3.63) is 97.2 Å². The number of carbonyl (C=O) groups is 2. The van der Waals surface area contributed by atoms with Crippen molar-refractivity contribution in [1.82, 2.24) is 0 Å². The Morgan fingerprint density at radius 1 is 0.356 bits per heavy atom. The van der Waals surface area contributed by atoms with E-state index < -0.39 is 26.5 Å². The lowest BCUT2D eigenvalue weighted by molar-refractivity contribution is -0.870. The van der Waals surface area contributed by atoms with Crippen LogP contribution in [0.15, 0.2) is 97.2 Å². The van der Waals surface area contributed by atoms with Crippen molar-refractivity contribution in [3.63, 3.8) is 0 Å². The van der Waals surface area contributed by atoms with E-state index in [9.17, 15) is 19.0 Å². The summed E-state index contributed by atoms with van der Waals surface area (Å²) in [6, 6.07) is 0. The molecule has 0 saturated carbocycles. The van der Waals surface area contributed by atoms with Crippen LogP contribution in [0.5, 0.6) is 0 Å². The number of hydrogen-bond acceptors (Lipinski definition) is 8. The number of phosphoric acid groups is 1. The second kappa shape index (κ2) is 70.3. The number of nitrogens with zero attached hydrogens (tertiary/aromatic N) is 1. The zero-order valence-electron chi connectivity index (χ0n) is 59.6. The van der Waals surface area contributed by atoms with Gasteiger partial charge in [-0.2, -0.15) is 0 Å². The maximum absolute atomic E-state index is 12.9. The maximum Gasteiger partial charge on any atom is 0.306 e. The summed E-state index contributed by atoms with van der Waals surface area (Å²) in [5, 5.41) is 0. The number of quaternary nitrogens is 1. The number of allylic oxidation sites excluding steroid dienone is 16. The van der Waals surface area contributed by atoms with Crippen LogP contribution in [0.2, 0.25) is 0 Å². The minimum Gasteiger partial charge on any atom is -0.756 e. The van der Waals surface area contributed by atoms with Crippen molar-refractivity contribution in [1.29, 1.82) is 0 Å². The Bertz CT molecular complexity index is 1840. The summed E-state index contributed by atoms with van der Waals surface area (Å²) in [5.41, 5.74) is 0. The van der Waals surface area contributed by atoms with Gasteiger partial charge in [-0.05, 0) is 96.3 Å². The summed E-state index contributed by atoms with van der Waals surface area (Å²) in [6.07, 6.45) is 97.9. The quantitative estimate of drug-likeness (QED) is 0.0195. The van der Waals surface area contributed by atoms with Crippen LogP contribution in [-0.2, 0) is 32.7 Å².